The van der Waals surface area contributed by atoms with Crippen LogP contribution in [-0.4, -0.2) is 10.9 Å². The lowest BCUT2D eigenvalue weighted by molar-refractivity contribution is 0.0780. The Hall–Kier alpha value is -1.71. The minimum absolute atomic E-state index is 0.297. The number of carbonyl (C=O) groups excluding carboxylic acids is 1. The van der Waals surface area contributed by atoms with Gasteiger partial charge in [-0.1, -0.05) is 17.7 Å². The highest BCUT2D eigenvalue weighted by Crippen LogP contribution is 2.23. The first-order chi connectivity index (χ1) is 6.22. The minimum atomic E-state index is -0.297. The fourth-order valence-electron chi connectivity index (χ4n) is 1.47. The molecule has 66 valence electrons. The first-order valence-electron chi connectivity index (χ1n) is 3.97. The standard InChI is InChI=1S/C9H8N2O2/c1-6-2-3-7-5-11(10-13)9(12)8(7)4-6/h2-4H,5H2,1H3. The molecule has 1 amide bonds. The second-order valence-corrected chi connectivity index (χ2v) is 3.11. The molecular formula is C9H8N2O2. The van der Waals surface area contributed by atoms with Crippen molar-refractivity contribution in [3.63, 3.8) is 0 Å². The van der Waals surface area contributed by atoms with E-state index in [0.717, 1.165) is 16.1 Å². The average molecular weight is 176 g/mol. The van der Waals surface area contributed by atoms with Crippen LogP contribution in [0.4, 0.5) is 0 Å². The van der Waals surface area contributed by atoms with E-state index in [2.05, 4.69) is 5.29 Å². The van der Waals surface area contributed by atoms with E-state index in [9.17, 15) is 9.70 Å². The minimum Gasteiger partial charge on any atom is -0.267 e. The Morgan fingerprint density at radius 3 is 2.92 bits per heavy atom. The van der Waals surface area contributed by atoms with Crippen LogP contribution in [0.5, 0.6) is 0 Å². The van der Waals surface area contributed by atoms with Crippen molar-refractivity contribution in [3.05, 3.63) is 39.8 Å². The number of hydrogen-bond acceptors (Lipinski definition) is 3. The van der Waals surface area contributed by atoms with Crippen molar-refractivity contribution in [2.24, 2.45) is 5.29 Å². The van der Waals surface area contributed by atoms with Crippen LogP contribution in [0.15, 0.2) is 23.5 Å². The lowest BCUT2D eigenvalue weighted by atomic mass is 10.1. The first kappa shape index (κ1) is 7.91. The molecule has 1 aromatic rings. The Morgan fingerprint density at radius 1 is 1.46 bits per heavy atom. The molecule has 0 saturated heterocycles. The van der Waals surface area contributed by atoms with E-state index < -0.39 is 0 Å². The smallest absolute Gasteiger partial charge is 0.267 e. The van der Waals surface area contributed by atoms with Crippen molar-refractivity contribution in [1.29, 1.82) is 0 Å². The van der Waals surface area contributed by atoms with Crippen LogP contribution in [0.25, 0.3) is 0 Å². The van der Waals surface area contributed by atoms with Gasteiger partial charge in [0, 0.05) is 5.56 Å². The van der Waals surface area contributed by atoms with E-state index in [1.807, 2.05) is 19.1 Å². The summed E-state index contributed by atoms with van der Waals surface area (Å²) >= 11 is 0. The van der Waals surface area contributed by atoms with E-state index in [4.69, 9.17) is 0 Å². The first-order valence-corrected chi connectivity index (χ1v) is 3.97. The number of carbonyl (C=O) groups is 1. The van der Waals surface area contributed by atoms with Crippen LogP contribution >= 0.6 is 0 Å². The lowest BCUT2D eigenvalue weighted by Crippen LogP contribution is -2.15. The van der Waals surface area contributed by atoms with Gasteiger partial charge in [0.25, 0.3) is 5.91 Å². The molecule has 1 aliphatic rings. The summed E-state index contributed by atoms with van der Waals surface area (Å²) in [6.07, 6.45) is 0. The second-order valence-electron chi connectivity index (χ2n) is 3.11. The molecule has 4 nitrogen and oxygen atoms in total. The number of hydrogen-bond donors (Lipinski definition) is 0. The van der Waals surface area contributed by atoms with Gasteiger partial charge in [0.05, 0.1) is 11.8 Å². The summed E-state index contributed by atoms with van der Waals surface area (Å²) < 4.78 is 0. The monoisotopic (exact) mass is 176 g/mol. The van der Waals surface area contributed by atoms with E-state index >= 15 is 0 Å². The van der Waals surface area contributed by atoms with Crippen LogP contribution in [-0.2, 0) is 6.54 Å². The number of fused-ring (bicyclic) bond motifs is 1. The number of nitrogens with zero attached hydrogens (tertiary/aromatic N) is 2. The summed E-state index contributed by atoms with van der Waals surface area (Å²) in [7, 11) is 0. The molecule has 0 bridgehead atoms. The van der Waals surface area contributed by atoms with Gasteiger partial charge in [0.2, 0.25) is 0 Å². The zero-order chi connectivity index (χ0) is 9.42. The number of amides is 1. The Kier molecular flexibility index (Phi) is 1.62. The van der Waals surface area contributed by atoms with Crippen molar-refractivity contribution >= 4 is 5.91 Å². The van der Waals surface area contributed by atoms with Gasteiger partial charge in [0.15, 0.2) is 0 Å². The zero-order valence-corrected chi connectivity index (χ0v) is 7.15. The van der Waals surface area contributed by atoms with Crippen molar-refractivity contribution < 1.29 is 4.79 Å². The summed E-state index contributed by atoms with van der Waals surface area (Å²) in [5.74, 6) is -0.297. The van der Waals surface area contributed by atoms with E-state index in [-0.39, 0.29) is 5.91 Å². The van der Waals surface area contributed by atoms with Crippen LogP contribution in [0.2, 0.25) is 0 Å². The maximum absolute atomic E-state index is 11.4. The predicted molar refractivity (Wildman–Crippen MR) is 46.8 cm³/mol. The number of benzene rings is 1. The average Bonchev–Trinajstić information content (AvgIpc) is 2.44. The quantitative estimate of drug-likeness (QED) is 0.610. The molecule has 0 atom stereocenters. The van der Waals surface area contributed by atoms with Gasteiger partial charge in [-0.05, 0) is 18.6 Å². The molecule has 1 aromatic carbocycles. The van der Waals surface area contributed by atoms with Crippen molar-refractivity contribution in [2.75, 3.05) is 0 Å². The molecule has 2 rings (SSSR count). The molecule has 1 aliphatic heterocycles. The fraction of sp³-hybridized carbons (Fsp3) is 0.222. The highest BCUT2D eigenvalue weighted by molar-refractivity contribution is 5.98. The molecule has 13 heavy (non-hydrogen) atoms. The summed E-state index contributed by atoms with van der Waals surface area (Å²) in [6.45, 7) is 2.21. The van der Waals surface area contributed by atoms with Crippen molar-refractivity contribution in [1.82, 2.24) is 5.01 Å². The van der Waals surface area contributed by atoms with E-state index in [1.165, 1.54) is 0 Å². The Bertz CT molecular complexity index is 387. The molecule has 0 aromatic heterocycles. The van der Waals surface area contributed by atoms with Crippen LogP contribution in [0, 0.1) is 11.8 Å². The molecule has 0 aliphatic carbocycles. The third-order valence-corrected chi connectivity index (χ3v) is 2.15. The van der Waals surface area contributed by atoms with Crippen LogP contribution in [0.1, 0.15) is 21.5 Å². The zero-order valence-electron chi connectivity index (χ0n) is 7.15. The normalized spacial score (nSPS) is 14.5. The van der Waals surface area contributed by atoms with Gasteiger partial charge < -0.3 is 0 Å². The van der Waals surface area contributed by atoms with Gasteiger partial charge in [0.1, 0.15) is 0 Å². The van der Waals surface area contributed by atoms with Gasteiger partial charge in [-0.2, -0.15) is 5.01 Å². The Balaban J connectivity index is 2.50. The topological polar surface area (TPSA) is 49.7 Å². The van der Waals surface area contributed by atoms with E-state index in [0.29, 0.717) is 12.1 Å². The van der Waals surface area contributed by atoms with Gasteiger partial charge in [-0.3, -0.25) is 4.79 Å². The van der Waals surface area contributed by atoms with Crippen LogP contribution < -0.4 is 0 Å². The maximum atomic E-state index is 11.4. The molecule has 0 saturated carbocycles. The molecular weight excluding hydrogens is 168 g/mol. The summed E-state index contributed by atoms with van der Waals surface area (Å²) in [4.78, 5) is 21.6. The molecule has 0 unspecified atom stereocenters. The summed E-state index contributed by atoms with van der Waals surface area (Å²) in [5.41, 5.74) is 2.48. The number of rotatable bonds is 1. The number of nitroso groups, excluding NO2 is 1. The van der Waals surface area contributed by atoms with Gasteiger partial charge >= 0.3 is 0 Å². The SMILES string of the molecule is Cc1ccc2c(c1)C(=O)N(N=O)C2. The third kappa shape index (κ3) is 1.11. The fourth-order valence-corrected chi connectivity index (χ4v) is 1.47. The summed E-state index contributed by atoms with van der Waals surface area (Å²) in [6, 6.07) is 5.55. The molecule has 1 heterocycles. The van der Waals surface area contributed by atoms with Crippen molar-refractivity contribution in [3.8, 4) is 0 Å². The highest BCUT2D eigenvalue weighted by atomic mass is 16.3. The van der Waals surface area contributed by atoms with Gasteiger partial charge in [-0.25, -0.2) is 0 Å². The summed E-state index contributed by atoms with van der Waals surface area (Å²) in [5, 5.41) is 3.58. The predicted octanol–water partition coefficient (Wildman–Crippen LogP) is 1.63. The highest BCUT2D eigenvalue weighted by Gasteiger charge is 2.27. The molecule has 0 N–H and O–H groups in total. The largest absolute Gasteiger partial charge is 0.277 e. The van der Waals surface area contributed by atoms with Gasteiger partial charge in [-0.15, -0.1) is 4.91 Å². The van der Waals surface area contributed by atoms with Crippen molar-refractivity contribution in [2.45, 2.75) is 13.5 Å². The molecule has 4 heteroatoms. The lowest BCUT2D eigenvalue weighted by Gasteiger charge is -1.99. The molecule has 0 spiro atoms. The maximum Gasteiger partial charge on any atom is 0.277 e. The second kappa shape index (κ2) is 2.65. The molecule has 0 radical (unpaired) electrons. The number of aryl methyl sites for hydroxylation is 1. The third-order valence-electron chi connectivity index (χ3n) is 2.15. The Labute approximate surface area is 75.1 Å². The van der Waals surface area contributed by atoms with E-state index in [1.54, 1.807) is 6.07 Å². The molecule has 0 fully saturated rings. The van der Waals surface area contributed by atoms with Crippen LogP contribution in [0.3, 0.4) is 0 Å². The Morgan fingerprint density at radius 2 is 2.23 bits per heavy atom.